The fourth-order valence-corrected chi connectivity index (χ4v) is 7.39. The Morgan fingerprint density at radius 2 is 1.26 bits per heavy atom. The first-order chi connectivity index (χ1) is 27.1. The second kappa shape index (κ2) is 21.2. The maximum atomic E-state index is 11.9. The van der Waals surface area contributed by atoms with Crippen LogP contribution in [0, 0.1) is 0 Å². The molecule has 2 aliphatic rings. The van der Waals surface area contributed by atoms with E-state index in [1.807, 2.05) is 0 Å². The number of ether oxygens (including phenoxy) is 2. The number of aliphatic hydroxyl groups excluding tert-OH is 2. The third-order valence-corrected chi connectivity index (χ3v) is 10.7. The molecule has 328 valence electrons. The summed E-state index contributed by atoms with van der Waals surface area (Å²) in [7, 11) is -16.2. The number of nitrogens with zero attached hydrogens (tertiary/aromatic N) is 9. The summed E-state index contributed by atoms with van der Waals surface area (Å²) in [5.41, 5.74) is 13.0. The molecular weight excluding hydrogens is 913 g/mol. The molecule has 2 saturated heterocycles. The zero-order valence-electron chi connectivity index (χ0n) is 33.3. The molecule has 5 unspecified atom stereocenters. The summed E-state index contributed by atoms with van der Waals surface area (Å²) in [4.78, 5) is 95.9. The normalized spacial score (nSPS) is 28.7. The van der Waals surface area contributed by atoms with Gasteiger partial charge in [0.2, 0.25) is 11.9 Å². The Kier molecular flexibility index (Phi) is 19.0. The number of rotatable bonds is 11. The molecule has 37 heteroatoms. The number of nitrogens with two attached hydrogens (primary N) is 2. The number of nitrogen functional groups attached to an aromatic ring is 2. The number of hydrogen-bond acceptors (Lipinski definition) is 24. The largest absolute Gasteiger partial charge is 1.00 e. The molecule has 0 amide bonds. The van der Waals surface area contributed by atoms with E-state index in [0.29, 0.717) is 6.54 Å². The summed E-state index contributed by atoms with van der Waals surface area (Å²) in [6.07, 6.45) is -6.54. The summed E-state index contributed by atoms with van der Waals surface area (Å²) in [6, 6.07) is 0. The molecule has 6 rings (SSSR count). The molecule has 0 bridgehead atoms. The summed E-state index contributed by atoms with van der Waals surface area (Å²) in [6.45, 7) is 3.03. The maximum absolute atomic E-state index is 11.9. The van der Waals surface area contributed by atoms with E-state index in [0.717, 1.165) is 24.1 Å². The average molecular weight is 950 g/mol. The van der Waals surface area contributed by atoms with E-state index in [9.17, 15) is 58.4 Å². The molecule has 61 heavy (non-hydrogen) atoms. The summed E-state index contributed by atoms with van der Waals surface area (Å²) in [5.74, 6) is -0.442. The molecule has 0 saturated carbocycles. The fourth-order valence-electron chi connectivity index (χ4n) is 5.53. The number of phosphoric acid groups is 3. The van der Waals surface area contributed by atoms with Gasteiger partial charge in [-0.3, -0.25) is 42.4 Å². The van der Waals surface area contributed by atoms with E-state index in [-0.39, 0.29) is 94.8 Å². The third-order valence-electron chi connectivity index (χ3n) is 8.12. The van der Waals surface area contributed by atoms with Crippen molar-refractivity contribution in [3.63, 3.8) is 0 Å². The van der Waals surface area contributed by atoms with Gasteiger partial charge in [0, 0.05) is 11.5 Å². The van der Waals surface area contributed by atoms with Crippen LogP contribution < -0.4 is 96.4 Å². The number of fused-ring (bicyclic) bond motifs is 2. The van der Waals surface area contributed by atoms with Gasteiger partial charge >= 0.3 is 60.5 Å². The molecule has 2 fully saturated rings. The number of imidazole rings is 2. The standard InChI is InChI=1S/C11H17N5O11P2.C11H16N5O8P.C2H5N3.2Na/c1-11(19)6(17)4(2-25-29(23,24)27-28(20,21)22)26-9(11)16-3-13-5-7(16)14-10(12)15-8(5)18;1-11(19)6(17)4(2-23-25(20,21)22)24-9(11)16-3-13-5-7(16)14-10(12)15-8(5)18;1-2-4-5-3;;/h3-4,6,9,17,19H,2H2,1H3,(H,23,24)(H2,20,21,22)(H3,12,14,15,18);3-4,6,9,17,19H,2H2,1H3,(H2,20,21,22)(H3,12,14,15,18);2H2,1H3;;/q;;;2*+1/p-2/t2*4-,6+,9-,11?;;;/m11.../s1. The fraction of sp³-hybridized carbons (Fsp3) is 0.583. The number of anilines is 2. The Morgan fingerprint density at radius 1 is 0.869 bits per heavy atom. The first-order valence-corrected chi connectivity index (χ1v) is 20.5. The van der Waals surface area contributed by atoms with E-state index in [1.165, 1.54) is 11.5 Å². The van der Waals surface area contributed by atoms with Crippen LogP contribution in [-0.4, -0.2) is 125 Å². The van der Waals surface area contributed by atoms with Crippen LogP contribution in [0.15, 0.2) is 27.4 Å². The molecule has 0 aliphatic carbocycles. The monoisotopic (exact) mass is 949 g/mol. The first-order valence-electron chi connectivity index (χ1n) is 16.1. The van der Waals surface area contributed by atoms with E-state index in [1.54, 1.807) is 6.92 Å². The number of azide groups is 1. The van der Waals surface area contributed by atoms with Crippen LogP contribution in [0.3, 0.4) is 0 Å². The molecule has 6 heterocycles. The number of H-pyrrole nitrogens is 2. The van der Waals surface area contributed by atoms with Gasteiger partial charge in [0.15, 0.2) is 34.8 Å². The third kappa shape index (κ3) is 13.4. The minimum atomic E-state index is -5.65. The van der Waals surface area contributed by atoms with Crippen molar-refractivity contribution in [1.82, 2.24) is 39.0 Å². The predicted octanol–water partition coefficient (Wildman–Crippen LogP) is -10.7. The molecule has 0 spiro atoms. The molecule has 0 aromatic carbocycles. The van der Waals surface area contributed by atoms with Crippen LogP contribution in [0.4, 0.5) is 11.9 Å². The van der Waals surface area contributed by atoms with E-state index in [4.69, 9.17) is 36.3 Å². The number of aromatic amines is 2. The van der Waals surface area contributed by atoms with Gasteiger partial charge in [0.05, 0.1) is 25.9 Å². The Morgan fingerprint density at radius 3 is 1.59 bits per heavy atom. The SMILES string of the molecule is CC1(O)[C@@H](O)[C@@H](COP(=O)([O-])O)O[C@H]1n1cnc2c(=O)[nH]c(N)nc21.CC1(O)[C@@H](O)[C@@H](COP(=O)([O-])OP(=O)([O-])O)O[C@H]1n1cnc2c(=O)[nH]c(N)nc21.CCN=[N+]=[N-].[H+].[Na+].[Na+]. The predicted molar refractivity (Wildman–Crippen MR) is 187 cm³/mol. The van der Waals surface area contributed by atoms with Crippen LogP contribution in [0.5, 0.6) is 0 Å². The Hall–Kier alpha value is -2.26. The number of aromatic nitrogens is 8. The molecule has 2 aliphatic heterocycles. The van der Waals surface area contributed by atoms with Crippen LogP contribution in [0.25, 0.3) is 32.8 Å². The molecule has 11 atom stereocenters. The van der Waals surface area contributed by atoms with Gasteiger partial charge in [-0.2, -0.15) is 9.97 Å². The maximum Gasteiger partial charge on any atom is 1.00 e. The molecule has 12 N–H and O–H groups in total. The van der Waals surface area contributed by atoms with Crippen molar-refractivity contribution in [3.8, 4) is 0 Å². The molecule has 0 radical (unpaired) electrons. The van der Waals surface area contributed by atoms with Crippen molar-refractivity contribution in [2.45, 2.75) is 68.8 Å². The summed E-state index contributed by atoms with van der Waals surface area (Å²) < 4.78 is 57.7. The van der Waals surface area contributed by atoms with Crippen LogP contribution in [0.1, 0.15) is 34.7 Å². The quantitative estimate of drug-likeness (QED) is 0.0219. The molecule has 32 nitrogen and oxygen atoms in total. The van der Waals surface area contributed by atoms with Gasteiger partial charge in [-0.25, -0.2) is 14.3 Å². The van der Waals surface area contributed by atoms with Gasteiger partial charge in [-0.1, -0.05) is 12.0 Å². The van der Waals surface area contributed by atoms with Crippen molar-refractivity contribution in [2.24, 2.45) is 5.11 Å². The van der Waals surface area contributed by atoms with Crippen LogP contribution >= 0.6 is 23.5 Å². The number of phosphoric ester groups is 2. The molecule has 4 aromatic heterocycles. The van der Waals surface area contributed by atoms with Crippen molar-refractivity contribution in [2.75, 3.05) is 31.2 Å². The summed E-state index contributed by atoms with van der Waals surface area (Å²) >= 11 is 0. The van der Waals surface area contributed by atoms with Gasteiger partial charge in [0.25, 0.3) is 34.6 Å². The van der Waals surface area contributed by atoms with Gasteiger partial charge in [-0.15, -0.1) is 0 Å². The van der Waals surface area contributed by atoms with Crippen molar-refractivity contribution in [1.29, 1.82) is 0 Å². The summed E-state index contributed by atoms with van der Waals surface area (Å²) in [5, 5.41) is 44.8. The van der Waals surface area contributed by atoms with Crippen molar-refractivity contribution >= 4 is 57.7 Å². The Bertz CT molecular complexity index is 2480. The van der Waals surface area contributed by atoms with Gasteiger partial charge in [-0.05, 0) is 19.4 Å². The minimum absolute atomic E-state index is 0. The number of hydrogen-bond donors (Lipinski definition) is 10. The Labute approximate surface area is 385 Å². The van der Waals surface area contributed by atoms with Gasteiger partial charge < -0.3 is 74.9 Å². The van der Waals surface area contributed by atoms with E-state index in [2.05, 4.69) is 53.3 Å². The number of aliphatic hydroxyl groups is 4. The second-order valence-corrected chi connectivity index (χ2v) is 16.5. The smallest absolute Gasteiger partial charge is 0.756 e. The topological polar surface area (TPSA) is 516 Å². The average Bonchev–Trinajstić information content (AvgIpc) is 3.82. The van der Waals surface area contributed by atoms with E-state index >= 15 is 0 Å². The van der Waals surface area contributed by atoms with E-state index < -0.39 is 95.9 Å². The second-order valence-electron chi connectivity index (χ2n) is 12.6. The van der Waals surface area contributed by atoms with Gasteiger partial charge in [0.1, 0.15) is 35.6 Å². The zero-order chi connectivity index (χ0) is 44.5. The van der Waals surface area contributed by atoms with Crippen molar-refractivity contribution in [3.05, 3.63) is 43.8 Å². The Balaban J connectivity index is 0.000000539. The minimum Gasteiger partial charge on any atom is -0.756 e. The van der Waals surface area contributed by atoms with Crippen molar-refractivity contribution < 1.29 is 142 Å². The molecular formula is C24H36N13Na2O19P3. The zero-order valence-corrected chi connectivity index (χ0v) is 38.9. The van der Waals surface area contributed by atoms with Crippen LogP contribution in [-0.2, 0) is 36.5 Å². The number of nitrogens with one attached hydrogen (secondary N) is 2. The first kappa shape index (κ1) is 54.9. The molecule has 4 aromatic rings. The van der Waals surface area contributed by atoms with Crippen LogP contribution in [0.2, 0.25) is 0 Å².